The minimum atomic E-state index is -1.57. The van der Waals surface area contributed by atoms with Gasteiger partial charge in [0.05, 0.1) is 32.0 Å². The lowest BCUT2D eigenvalue weighted by molar-refractivity contribution is -0.302. The highest BCUT2D eigenvalue weighted by Gasteiger charge is 2.44. The van der Waals surface area contributed by atoms with E-state index < -0.39 is 49.5 Å². The van der Waals surface area contributed by atoms with Crippen molar-refractivity contribution < 1.29 is 49.3 Å². The summed E-state index contributed by atoms with van der Waals surface area (Å²) >= 11 is 0. The van der Waals surface area contributed by atoms with Crippen LogP contribution in [0.4, 0.5) is 0 Å². The van der Waals surface area contributed by atoms with Crippen molar-refractivity contribution in [2.45, 2.75) is 378 Å². The second kappa shape index (κ2) is 59.6. The highest BCUT2D eigenvalue weighted by molar-refractivity contribution is 5.76. The summed E-state index contributed by atoms with van der Waals surface area (Å²) in [5.41, 5.74) is 0. The number of rotatable bonds is 61. The van der Waals surface area contributed by atoms with Gasteiger partial charge in [0.1, 0.15) is 24.4 Å². The molecule has 11 nitrogen and oxygen atoms in total. The predicted molar refractivity (Wildman–Crippen MR) is 338 cm³/mol. The summed E-state index contributed by atoms with van der Waals surface area (Å²) in [6, 6.07) is -0.806. The van der Waals surface area contributed by atoms with Gasteiger partial charge in [0.25, 0.3) is 0 Å². The summed E-state index contributed by atoms with van der Waals surface area (Å²) in [5.74, 6) is -0.179. The molecule has 7 atom stereocenters. The van der Waals surface area contributed by atoms with Crippen molar-refractivity contribution in [1.29, 1.82) is 0 Å². The van der Waals surface area contributed by atoms with Gasteiger partial charge >= 0.3 is 5.97 Å². The molecule has 0 aromatic rings. The quantitative estimate of drug-likeness (QED) is 0.0195. The molecule has 1 rings (SSSR count). The summed E-state index contributed by atoms with van der Waals surface area (Å²) in [6.07, 6.45) is 65.7. The lowest BCUT2D eigenvalue weighted by Crippen LogP contribution is -2.60. The fourth-order valence-electron chi connectivity index (χ4n) is 11.0. The number of amides is 1. The molecule has 1 aliphatic rings. The molecule has 0 saturated carbocycles. The minimum Gasteiger partial charge on any atom is -0.466 e. The van der Waals surface area contributed by atoms with Crippen LogP contribution in [0.3, 0.4) is 0 Å². The normalized spacial score (nSPS) is 18.4. The summed E-state index contributed by atoms with van der Waals surface area (Å²) < 4.78 is 16.7. The van der Waals surface area contributed by atoms with E-state index in [9.17, 15) is 35.1 Å². The van der Waals surface area contributed by atoms with Crippen molar-refractivity contribution in [3.8, 4) is 0 Å². The van der Waals surface area contributed by atoms with E-state index in [0.717, 1.165) is 64.2 Å². The molecule has 0 aromatic carbocycles. The lowest BCUT2D eigenvalue weighted by atomic mass is 9.99. The van der Waals surface area contributed by atoms with Crippen LogP contribution >= 0.6 is 0 Å². The summed E-state index contributed by atoms with van der Waals surface area (Å²) in [7, 11) is 0. The Morgan fingerprint density at radius 3 is 1.27 bits per heavy atom. The molecule has 1 fully saturated rings. The number of carbonyl (C=O) groups excluding carboxylic acids is 2. The van der Waals surface area contributed by atoms with Gasteiger partial charge in [-0.25, -0.2) is 0 Å². The summed E-state index contributed by atoms with van der Waals surface area (Å²) in [4.78, 5) is 25.1. The molecule has 11 heteroatoms. The largest absolute Gasteiger partial charge is 0.466 e. The molecule has 476 valence electrons. The second-order valence-electron chi connectivity index (χ2n) is 24.2. The van der Waals surface area contributed by atoms with Gasteiger partial charge in [0.2, 0.25) is 5.91 Å². The van der Waals surface area contributed by atoms with Crippen LogP contribution in [0, 0.1) is 0 Å². The van der Waals surface area contributed by atoms with E-state index in [1.54, 1.807) is 6.08 Å². The Hall–Kier alpha value is -2.12. The van der Waals surface area contributed by atoms with Crippen molar-refractivity contribution >= 4 is 11.9 Å². The van der Waals surface area contributed by atoms with Gasteiger partial charge in [-0.2, -0.15) is 0 Å². The molecule has 6 N–H and O–H groups in total. The highest BCUT2D eigenvalue weighted by atomic mass is 16.7. The Labute approximate surface area is 498 Å². The molecular formula is C70H131NO10. The average Bonchev–Trinajstić information content (AvgIpc) is 3.47. The van der Waals surface area contributed by atoms with E-state index in [0.29, 0.717) is 19.4 Å². The number of allylic oxidation sites excluding steroid dienone is 5. The molecule has 0 aliphatic carbocycles. The molecule has 1 aliphatic heterocycles. The van der Waals surface area contributed by atoms with Crippen molar-refractivity contribution in [2.24, 2.45) is 0 Å². The van der Waals surface area contributed by atoms with Gasteiger partial charge < -0.3 is 45.1 Å². The zero-order chi connectivity index (χ0) is 58.7. The van der Waals surface area contributed by atoms with Crippen molar-refractivity contribution in [3.63, 3.8) is 0 Å². The van der Waals surface area contributed by atoms with E-state index in [2.05, 4.69) is 43.5 Å². The number of esters is 1. The average molecular weight is 1150 g/mol. The fourth-order valence-corrected chi connectivity index (χ4v) is 11.0. The van der Waals surface area contributed by atoms with Gasteiger partial charge in [0, 0.05) is 12.8 Å². The summed E-state index contributed by atoms with van der Waals surface area (Å²) in [6.45, 7) is 4.31. The van der Waals surface area contributed by atoms with E-state index >= 15 is 0 Å². The topological polar surface area (TPSA) is 175 Å². The van der Waals surface area contributed by atoms with Crippen LogP contribution in [-0.4, -0.2) is 100 Å². The SMILES string of the molecule is CCCCC/C=C\C/C=C\CCCCCCCCCC(=O)OCCCCCCCCCCCCCCCCCCCCCCCCCCCCCC(=O)NC(COC1OC(CO)C(O)C(O)C1O)C(O)/C=C/CCCCCCCCC. The first-order valence-corrected chi connectivity index (χ1v) is 34.8. The molecule has 0 aromatic heterocycles. The maximum atomic E-state index is 13.0. The Morgan fingerprint density at radius 2 is 0.827 bits per heavy atom. The van der Waals surface area contributed by atoms with E-state index in [1.165, 1.54) is 244 Å². The molecule has 0 spiro atoms. The first-order valence-electron chi connectivity index (χ1n) is 34.8. The smallest absolute Gasteiger partial charge is 0.305 e. The number of unbranched alkanes of at least 4 members (excludes halogenated alkanes) is 43. The van der Waals surface area contributed by atoms with E-state index in [1.807, 2.05) is 6.08 Å². The fraction of sp³-hybridized carbons (Fsp3) is 0.886. The highest BCUT2D eigenvalue weighted by Crippen LogP contribution is 2.23. The van der Waals surface area contributed by atoms with Gasteiger partial charge in [-0.05, 0) is 64.2 Å². The van der Waals surface area contributed by atoms with Crippen LogP contribution in [0.15, 0.2) is 36.5 Å². The Bertz CT molecular complexity index is 1440. The second-order valence-corrected chi connectivity index (χ2v) is 24.2. The summed E-state index contributed by atoms with van der Waals surface area (Å²) in [5, 5.41) is 54.3. The lowest BCUT2D eigenvalue weighted by Gasteiger charge is -2.40. The number of hydrogen-bond acceptors (Lipinski definition) is 10. The van der Waals surface area contributed by atoms with Crippen molar-refractivity contribution in [3.05, 3.63) is 36.5 Å². The van der Waals surface area contributed by atoms with Crippen LogP contribution in [0.1, 0.15) is 335 Å². The number of carbonyl (C=O) groups is 2. The minimum absolute atomic E-state index is 0.000906. The van der Waals surface area contributed by atoms with Crippen LogP contribution in [0.2, 0.25) is 0 Å². The molecule has 1 heterocycles. The van der Waals surface area contributed by atoms with Crippen LogP contribution in [0.25, 0.3) is 0 Å². The third-order valence-electron chi connectivity index (χ3n) is 16.5. The standard InChI is InChI=1S/C70H131NO10/c1-3-5-7-9-11-13-14-15-16-28-32-35-38-42-46-50-54-58-66(75)79-59-55-51-47-43-39-36-33-30-27-25-23-21-19-17-18-20-22-24-26-29-31-34-37-41-45-49-53-57-65(74)71-62(63(73)56-52-48-44-40-12-10-8-6-4-2)61-80-70-69(78)68(77)67(76)64(60-72)81-70/h11,13,15-16,52,56,62-64,67-70,72-73,76-78H,3-10,12,14,17-51,53-55,57-61H2,1-2H3,(H,71,74)/b13-11-,16-15-,56-52+. The Morgan fingerprint density at radius 1 is 0.457 bits per heavy atom. The van der Waals surface area contributed by atoms with Crippen LogP contribution < -0.4 is 5.32 Å². The molecule has 0 radical (unpaired) electrons. The molecule has 1 amide bonds. The molecule has 1 saturated heterocycles. The maximum absolute atomic E-state index is 13.0. The number of ether oxygens (including phenoxy) is 3. The molecule has 0 bridgehead atoms. The van der Waals surface area contributed by atoms with Gasteiger partial charge in [0.15, 0.2) is 6.29 Å². The van der Waals surface area contributed by atoms with Crippen molar-refractivity contribution in [2.75, 3.05) is 19.8 Å². The van der Waals surface area contributed by atoms with Gasteiger partial charge in [-0.1, -0.05) is 294 Å². The van der Waals surface area contributed by atoms with Crippen molar-refractivity contribution in [1.82, 2.24) is 5.32 Å². The molecule has 7 unspecified atom stereocenters. The first-order chi connectivity index (χ1) is 39.7. The van der Waals surface area contributed by atoms with E-state index in [4.69, 9.17) is 14.2 Å². The number of aliphatic hydroxyl groups excluding tert-OH is 5. The van der Waals surface area contributed by atoms with Crippen LogP contribution in [0.5, 0.6) is 0 Å². The third-order valence-corrected chi connectivity index (χ3v) is 16.5. The number of nitrogens with one attached hydrogen (secondary N) is 1. The third kappa shape index (κ3) is 48.8. The first kappa shape index (κ1) is 76.9. The molecular weight excluding hydrogens is 1010 g/mol. The van der Waals surface area contributed by atoms with Gasteiger partial charge in [-0.3, -0.25) is 9.59 Å². The monoisotopic (exact) mass is 1150 g/mol. The predicted octanol–water partition coefficient (Wildman–Crippen LogP) is 17.4. The zero-order valence-corrected chi connectivity index (χ0v) is 52.8. The maximum Gasteiger partial charge on any atom is 0.305 e. The van der Waals surface area contributed by atoms with Crippen LogP contribution in [-0.2, 0) is 23.8 Å². The van der Waals surface area contributed by atoms with Gasteiger partial charge in [-0.15, -0.1) is 0 Å². The Balaban J connectivity index is 1.91. The number of hydrogen-bond donors (Lipinski definition) is 6. The number of aliphatic hydroxyl groups is 5. The molecule has 81 heavy (non-hydrogen) atoms. The van der Waals surface area contributed by atoms with E-state index in [-0.39, 0.29) is 18.5 Å². The zero-order valence-electron chi connectivity index (χ0n) is 52.8. The Kier molecular flexibility index (Phi) is 56.6.